The third-order valence-corrected chi connectivity index (χ3v) is 7.01. The molecule has 2 aromatic carbocycles. The number of nitrogens with one attached hydrogen (secondary N) is 2. The van der Waals surface area contributed by atoms with Crippen LogP contribution >= 0.6 is 0 Å². The molecule has 1 fully saturated rings. The Morgan fingerprint density at radius 1 is 1.00 bits per heavy atom. The van der Waals surface area contributed by atoms with Crippen LogP contribution < -0.4 is 15.4 Å². The van der Waals surface area contributed by atoms with Gasteiger partial charge in [-0.1, -0.05) is 45.0 Å². The summed E-state index contributed by atoms with van der Waals surface area (Å²) in [5.41, 5.74) is 1.77. The molecule has 1 aliphatic rings. The van der Waals surface area contributed by atoms with Crippen LogP contribution in [-0.4, -0.2) is 47.6 Å². The average Bonchev–Trinajstić information content (AvgIpc) is 2.86. The second kappa shape index (κ2) is 13.7. The molecule has 2 atom stereocenters. The van der Waals surface area contributed by atoms with Gasteiger partial charge >= 0.3 is 6.09 Å². The molecule has 3 rings (SSSR count). The summed E-state index contributed by atoms with van der Waals surface area (Å²) in [5.74, 6) is 0.220. The zero-order valence-corrected chi connectivity index (χ0v) is 25.0. The van der Waals surface area contributed by atoms with Crippen molar-refractivity contribution in [1.29, 1.82) is 0 Å². The highest BCUT2D eigenvalue weighted by Crippen LogP contribution is 2.35. The minimum Gasteiger partial charge on any atom is -0.497 e. The number of carbonyl (C=O) groups excluding carboxylic acids is 3. The first-order valence-corrected chi connectivity index (χ1v) is 14.3. The number of alkyl carbamates (subject to hydrolysis) is 1. The highest BCUT2D eigenvalue weighted by atomic mass is 16.6. The van der Waals surface area contributed by atoms with Crippen molar-refractivity contribution in [3.05, 3.63) is 59.7 Å². The van der Waals surface area contributed by atoms with Gasteiger partial charge in [0, 0.05) is 11.7 Å². The van der Waals surface area contributed by atoms with Gasteiger partial charge in [-0.15, -0.1) is 0 Å². The number of amides is 3. The smallest absolute Gasteiger partial charge is 0.408 e. The van der Waals surface area contributed by atoms with Gasteiger partial charge in [-0.3, -0.25) is 9.59 Å². The molecule has 1 aliphatic carbocycles. The summed E-state index contributed by atoms with van der Waals surface area (Å²) in [4.78, 5) is 42.8. The van der Waals surface area contributed by atoms with Gasteiger partial charge in [-0.2, -0.15) is 0 Å². The van der Waals surface area contributed by atoms with Crippen molar-refractivity contribution in [2.75, 3.05) is 12.4 Å². The summed E-state index contributed by atoms with van der Waals surface area (Å²) in [6, 6.07) is 13.1. The molecule has 40 heavy (non-hydrogen) atoms. The molecule has 0 heterocycles. The Kier molecular flexibility index (Phi) is 10.6. The Labute approximate surface area is 238 Å². The third kappa shape index (κ3) is 8.47. The van der Waals surface area contributed by atoms with E-state index < -0.39 is 23.8 Å². The lowest BCUT2D eigenvalue weighted by Gasteiger charge is -2.43. The molecule has 218 valence electrons. The zero-order valence-electron chi connectivity index (χ0n) is 25.0. The number of aryl methyl sites for hydroxylation is 1. The summed E-state index contributed by atoms with van der Waals surface area (Å²) in [5, 5.41) is 5.83. The number of nitrogens with zero attached hydrogens (tertiary/aromatic N) is 1. The van der Waals surface area contributed by atoms with Gasteiger partial charge in [0.15, 0.2) is 0 Å². The van der Waals surface area contributed by atoms with Gasteiger partial charge < -0.3 is 25.0 Å². The molecule has 0 saturated heterocycles. The van der Waals surface area contributed by atoms with E-state index in [0.29, 0.717) is 17.9 Å². The largest absolute Gasteiger partial charge is 0.497 e. The van der Waals surface area contributed by atoms with E-state index in [9.17, 15) is 14.4 Å². The van der Waals surface area contributed by atoms with Crippen LogP contribution in [-0.2, 0) is 20.7 Å². The average molecular weight is 552 g/mol. The lowest BCUT2D eigenvalue weighted by Crippen LogP contribution is -2.57. The molecular formula is C32H45N3O5. The minimum atomic E-state index is -0.874. The number of anilines is 1. The van der Waals surface area contributed by atoms with Crippen LogP contribution in [0.2, 0.25) is 0 Å². The maximum Gasteiger partial charge on any atom is 0.408 e. The van der Waals surface area contributed by atoms with Crippen molar-refractivity contribution in [3.8, 4) is 5.75 Å². The van der Waals surface area contributed by atoms with Gasteiger partial charge in [0.2, 0.25) is 5.91 Å². The predicted molar refractivity (Wildman–Crippen MR) is 157 cm³/mol. The summed E-state index contributed by atoms with van der Waals surface area (Å²) < 4.78 is 10.7. The van der Waals surface area contributed by atoms with Gasteiger partial charge in [-0.25, -0.2) is 4.79 Å². The van der Waals surface area contributed by atoms with Crippen molar-refractivity contribution in [1.82, 2.24) is 10.2 Å². The van der Waals surface area contributed by atoms with Crippen LogP contribution in [0.15, 0.2) is 48.5 Å². The number of carbonyl (C=O) groups is 3. The fraction of sp³-hybridized carbons (Fsp3) is 0.531. The topological polar surface area (TPSA) is 97.0 Å². The second-order valence-electron chi connectivity index (χ2n) is 11.9. The molecular weight excluding hydrogens is 506 g/mol. The molecule has 0 radical (unpaired) electrons. The summed E-state index contributed by atoms with van der Waals surface area (Å²) in [7, 11) is 1.59. The van der Waals surface area contributed by atoms with E-state index in [-0.39, 0.29) is 23.8 Å². The third-order valence-electron chi connectivity index (χ3n) is 7.01. The van der Waals surface area contributed by atoms with Crippen LogP contribution in [0.4, 0.5) is 10.5 Å². The summed E-state index contributed by atoms with van der Waals surface area (Å²) in [6.07, 6.45) is 3.21. The van der Waals surface area contributed by atoms with Crippen molar-refractivity contribution in [2.45, 2.75) is 97.4 Å². The number of hydrogen-bond acceptors (Lipinski definition) is 5. The number of hydrogen-bond donors (Lipinski definition) is 2. The van der Waals surface area contributed by atoms with E-state index in [1.54, 1.807) is 57.0 Å². The Balaban J connectivity index is 2.01. The van der Waals surface area contributed by atoms with Crippen LogP contribution in [0.5, 0.6) is 5.75 Å². The molecule has 0 aliphatic heterocycles. The zero-order chi connectivity index (χ0) is 29.4. The van der Waals surface area contributed by atoms with Crippen LogP contribution in [0, 0.1) is 5.92 Å². The Morgan fingerprint density at radius 2 is 1.62 bits per heavy atom. The molecule has 0 spiro atoms. The van der Waals surface area contributed by atoms with Gasteiger partial charge in [0.25, 0.3) is 5.91 Å². The number of methoxy groups -OCH3 is 1. The molecule has 3 amide bonds. The quantitative estimate of drug-likeness (QED) is 0.344. The van der Waals surface area contributed by atoms with Crippen molar-refractivity contribution in [3.63, 3.8) is 0 Å². The van der Waals surface area contributed by atoms with Crippen LogP contribution in [0.1, 0.15) is 84.4 Å². The Hall–Kier alpha value is -3.55. The number of ether oxygens (including phenoxy) is 2. The van der Waals surface area contributed by atoms with E-state index in [1.165, 1.54) is 0 Å². The minimum absolute atomic E-state index is 0.111. The van der Waals surface area contributed by atoms with E-state index in [4.69, 9.17) is 9.47 Å². The van der Waals surface area contributed by atoms with Crippen molar-refractivity contribution in [2.24, 2.45) is 5.92 Å². The standard InChI is InChI=1S/C32H45N3O5/c1-8-22-12-14-23(15-13-22)28(29(36)33-24-16-18-26(39-7)19-17-24)35(25-10-9-11-25)30(37)27(20-21(2)3)34-31(38)40-32(4,5)6/h12-19,21,25,27-28H,8-11,20H2,1-7H3,(H,33,36)(H,34,38). The lowest BCUT2D eigenvalue weighted by atomic mass is 9.87. The molecule has 0 aromatic heterocycles. The van der Waals surface area contributed by atoms with E-state index in [2.05, 4.69) is 17.6 Å². The van der Waals surface area contributed by atoms with Crippen LogP contribution in [0.25, 0.3) is 0 Å². The fourth-order valence-corrected chi connectivity index (χ4v) is 4.76. The monoisotopic (exact) mass is 551 g/mol. The highest BCUT2D eigenvalue weighted by Gasteiger charge is 2.42. The van der Waals surface area contributed by atoms with Gasteiger partial charge in [-0.05, 0) is 94.2 Å². The first-order chi connectivity index (χ1) is 18.9. The number of rotatable bonds is 11. The molecule has 2 aromatic rings. The van der Waals surface area contributed by atoms with E-state index >= 15 is 0 Å². The van der Waals surface area contributed by atoms with E-state index in [1.807, 2.05) is 38.1 Å². The maximum absolute atomic E-state index is 14.4. The SMILES string of the molecule is CCc1ccc(C(C(=O)Nc2ccc(OC)cc2)N(C(=O)C(CC(C)C)NC(=O)OC(C)(C)C)C2CCC2)cc1. The van der Waals surface area contributed by atoms with E-state index in [0.717, 1.165) is 36.8 Å². The molecule has 2 N–H and O–H groups in total. The lowest BCUT2D eigenvalue weighted by molar-refractivity contribution is -0.146. The summed E-state index contributed by atoms with van der Waals surface area (Å²) >= 11 is 0. The molecule has 2 unspecified atom stereocenters. The summed E-state index contributed by atoms with van der Waals surface area (Å²) in [6.45, 7) is 11.4. The van der Waals surface area contributed by atoms with Crippen molar-refractivity contribution >= 4 is 23.6 Å². The first-order valence-electron chi connectivity index (χ1n) is 14.3. The Morgan fingerprint density at radius 3 is 2.10 bits per heavy atom. The molecule has 8 heteroatoms. The maximum atomic E-state index is 14.4. The van der Waals surface area contributed by atoms with Crippen LogP contribution in [0.3, 0.4) is 0 Å². The molecule has 0 bridgehead atoms. The molecule has 8 nitrogen and oxygen atoms in total. The Bertz CT molecular complexity index is 1130. The van der Waals surface area contributed by atoms with Crippen molar-refractivity contribution < 1.29 is 23.9 Å². The molecule has 1 saturated carbocycles. The first kappa shape index (κ1) is 31.0. The number of benzene rings is 2. The van der Waals surface area contributed by atoms with Gasteiger partial charge in [0.1, 0.15) is 23.4 Å². The predicted octanol–water partition coefficient (Wildman–Crippen LogP) is 6.26. The second-order valence-corrected chi connectivity index (χ2v) is 11.9. The highest BCUT2D eigenvalue weighted by molar-refractivity contribution is 5.99. The fourth-order valence-electron chi connectivity index (χ4n) is 4.76. The normalized spacial score (nSPS) is 15.0. The van der Waals surface area contributed by atoms with Gasteiger partial charge in [0.05, 0.1) is 7.11 Å².